The second-order valence-corrected chi connectivity index (χ2v) is 12.4. The number of amides is 1. The first-order valence-corrected chi connectivity index (χ1v) is 14.3. The van der Waals surface area contributed by atoms with Crippen molar-refractivity contribution in [3.63, 3.8) is 0 Å². The lowest BCUT2D eigenvalue weighted by atomic mass is 9.94. The lowest BCUT2D eigenvalue weighted by Gasteiger charge is -2.38. The predicted octanol–water partition coefficient (Wildman–Crippen LogP) is 6.88. The molecule has 3 rings (SSSR count). The molecular formula is C34H48N2O3. The average Bonchev–Trinajstić information content (AvgIpc) is 2.86. The number of carbonyl (C=O) groups excluding carboxylic acids is 1. The van der Waals surface area contributed by atoms with Crippen molar-refractivity contribution in [2.24, 2.45) is 11.8 Å². The van der Waals surface area contributed by atoms with Crippen molar-refractivity contribution in [2.75, 3.05) is 19.6 Å². The minimum atomic E-state index is -0.772. The maximum Gasteiger partial charge on any atom is 0.410 e. The summed E-state index contributed by atoms with van der Waals surface area (Å²) in [6, 6.07) is 20.5. The molecule has 0 bridgehead atoms. The van der Waals surface area contributed by atoms with Crippen molar-refractivity contribution < 1.29 is 14.6 Å². The largest absolute Gasteiger partial charge is 0.444 e. The van der Waals surface area contributed by atoms with Crippen LogP contribution in [0.25, 0.3) is 0 Å². The topological polar surface area (TPSA) is 53.0 Å². The van der Waals surface area contributed by atoms with Crippen molar-refractivity contribution in [3.05, 3.63) is 95.6 Å². The Labute approximate surface area is 236 Å². The summed E-state index contributed by atoms with van der Waals surface area (Å²) in [6.07, 6.45) is 7.38. The number of nitrogens with zero attached hydrogens (tertiary/aromatic N) is 2. The van der Waals surface area contributed by atoms with Gasteiger partial charge in [-0.05, 0) is 62.1 Å². The second-order valence-electron chi connectivity index (χ2n) is 12.4. The normalized spacial score (nSPS) is 17.2. The van der Waals surface area contributed by atoms with Crippen molar-refractivity contribution in [1.82, 2.24) is 9.80 Å². The number of benzene rings is 2. The Morgan fingerprint density at radius 1 is 0.974 bits per heavy atom. The zero-order valence-electron chi connectivity index (χ0n) is 24.7. The fraction of sp³-hybridized carbons (Fsp3) is 0.500. The Balaban J connectivity index is 1.95. The highest BCUT2D eigenvalue weighted by Gasteiger charge is 2.32. The van der Waals surface area contributed by atoms with Gasteiger partial charge in [0.25, 0.3) is 0 Å². The smallest absolute Gasteiger partial charge is 0.410 e. The number of carbonyl (C=O) groups is 1. The molecule has 2 aromatic rings. The molecule has 212 valence electrons. The Bertz CT molecular complexity index is 1070. The Hall–Kier alpha value is -2.89. The molecule has 0 aliphatic heterocycles. The molecule has 3 unspecified atom stereocenters. The highest BCUT2D eigenvalue weighted by Crippen LogP contribution is 2.23. The number of ether oxygens (including phenoxy) is 1. The quantitative estimate of drug-likeness (QED) is 0.324. The van der Waals surface area contributed by atoms with Crippen molar-refractivity contribution in [3.8, 4) is 0 Å². The lowest BCUT2D eigenvalue weighted by Crippen LogP contribution is -2.52. The van der Waals surface area contributed by atoms with Crippen molar-refractivity contribution >= 4 is 6.09 Å². The SMILES string of the molecule is CC(C)CN(CC(O)C(Cc1ccccc1)N(CC1=CC(C)CC=C1)Cc1ccccc1)C(=O)OC(C)(C)C. The lowest BCUT2D eigenvalue weighted by molar-refractivity contribution is -0.00597. The van der Waals surface area contributed by atoms with Gasteiger partial charge in [-0.1, -0.05) is 99.7 Å². The molecule has 0 aromatic heterocycles. The molecule has 0 fully saturated rings. The van der Waals surface area contributed by atoms with Gasteiger partial charge in [0, 0.05) is 25.7 Å². The molecule has 1 N–H and O–H groups in total. The van der Waals surface area contributed by atoms with Crippen molar-refractivity contribution in [2.45, 2.75) is 78.7 Å². The van der Waals surface area contributed by atoms with Gasteiger partial charge < -0.3 is 14.7 Å². The summed E-state index contributed by atoms with van der Waals surface area (Å²) in [5.74, 6) is 0.742. The summed E-state index contributed by atoms with van der Waals surface area (Å²) in [7, 11) is 0. The first kappa shape index (κ1) is 30.6. The highest BCUT2D eigenvalue weighted by atomic mass is 16.6. The van der Waals surface area contributed by atoms with Gasteiger partial charge in [-0.3, -0.25) is 4.90 Å². The van der Waals surface area contributed by atoms with Gasteiger partial charge in [0.1, 0.15) is 5.60 Å². The third-order valence-electron chi connectivity index (χ3n) is 6.80. The monoisotopic (exact) mass is 532 g/mol. The van der Waals surface area contributed by atoms with Crippen LogP contribution in [-0.4, -0.2) is 58.4 Å². The van der Waals surface area contributed by atoms with Gasteiger partial charge >= 0.3 is 6.09 Å². The van der Waals surface area contributed by atoms with E-state index in [1.54, 1.807) is 4.90 Å². The van der Waals surface area contributed by atoms with E-state index in [0.29, 0.717) is 25.4 Å². The van der Waals surface area contributed by atoms with E-state index in [2.05, 4.69) is 80.3 Å². The second kappa shape index (κ2) is 14.5. The number of rotatable bonds is 12. The molecule has 0 saturated heterocycles. The zero-order chi connectivity index (χ0) is 28.4. The van der Waals surface area contributed by atoms with E-state index in [4.69, 9.17) is 4.74 Å². The first-order chi connectivity index (χ1) is 18.5. The summed E-state index contributed by atoms with van der Waals surface area (Å²) in [5, 5.41) is 11.9. The summed E-state index contributed by atoms with van der Waals surface area (Å²) in [6.45, 7) is 14.2. The summed E-state index contributed by atoms with van der Waals surface area (Å²) < 4.78 is 5.73. The molecular weight excluding hydrogens is 484 g/mol. The molecule has 3 atom stereocenters. The van der Waals surface area contributed by atoms with E-state index in [9.17, 15) is 9.90 Å². The minimum absolute atomic E-state index is 0.209. The number of aliphatic hydroxyl groups is 1. The van der Waals surface area contributed by atoms with Gasteiger partial charge in [-0.25, -0.2) is 4.79 Å². The van der Waals surface area contributed by atoms with Gasteiger partial charge in [0.05, 0.1) is 12.6 Å². The van der Waals surface area contributed by atoms with Crippen LogP contribution in [-0.2, 0) is 17.7 Å². The van der Waals surface area contributed by atoms with Gasteiger partial charge in [-0.2, -0.15) is 0 Å². The molecule has 5 nitrogen and oxygen atoms in total. The maximum absolute atomic E-state index is 13.2. The first-order valence-electron chi connectivity index (χ1n) is 14.3. The van der Waals surface area contributed by atoms with Crippen LogP contribution in [0.15, 0.2) is 84.5 Å². The van der Waals surface area contributed by atoms with Gasteiger partial charge in [-0.15, -0.1) is 0 Å². The molecule has 0 spiro atoms. The summed E-state index contributed by atoms with van der Waals surface area (Å²) >= 11 is 0. The van der Waals surface area contributed by atoms with Crippen LogP contribution in [0.2, 0.25) is 0 Å². The molecule has 1 aliphatic carbocycles. The number of hydrogen-bond acceptors (Lipinski definition) is 4. The summed E-state index contributed by atoms with van der Waals surface area (Å²) in [4.78, 5) is 17.2. The Morgan fingerprint density at radius 2 is 1.59 bits per heavy atom. The van der Waals surface area contributed by atoms with Crippen LogP contribution in [0.3, 0.4) is 0 Å². The van der Waals surface area contributed by atoms with Crippen LogP contribution in [0, 0.1) is 11.8 Å². The van der Waals surface area contributed by atoms with Gasteiger partial charge in [0.2, 0.25) is 0 Å². The Morgan fingerprint density at radius 3 is 2.15 bits per heavy atom. The molecule has 5 heteroatoms. The number of allylic oxidation sites excluding steroid dienone is 2. The van der Waals surface area contributed by atoms with E-state index in [1.165, 1.54) is 11.1 Å². The third-order valence-corrected chi connectivity index (χ3v) is 6.80. The molecule has 1 amide bonds. The fourth-order valence-electron chi connectivity index (χ4n) is 5.07. The number of aliphatic hydroxyl groups excluding tert-OH is 1. The number of hydrogen-bond donors (Lipinski definition) is 1. The van der Waals surface area contributed by atoms with E-state index in [0.717, 1.165) is 18.5 Å². The van der Waals surface area contributed by atoms with Crippen LogP contribution in [0.1, 0.15) is 59.1 Å². The van der Waals surface area contributed by atoms with Crippen LogP contribution in [0.4, 0.5) is 4.79 Å². The molecule has 1 aliphatic rings. The van der Waals surface area contributed by atoms with Crippen molar-refractivity contribution in [1.29, 1.82) is 0 Å². The molecule has 0 saturated carbocycles. The van der Waals surface area contributed by atoms with Crippen LogP contribution in [0.5, 0.6) is 0 Å². The fourth-order valence-corrected chi connectivity index (χ4v) is 5.07. The Kier molecular flexibility index (Phi) is 11.4. The molecule has 39 heavy (non-hydrogen) atoms. The van der Waals surface area contributed by atoms with Gasteiger partial charge in [0.15, 0.2) is 0 Å². The average molecular weight is 533 g/mol. The van der Waals surface area contributed by atoms with Crippen LogP contribution >= 0.6 is 0 Å². The molecule has 0 radical (unpaired) electrons. The standard InChI is InChI=1S/C34H48N2O3/c1-26(2)22-36(33(38)39-34(4,5)6)25-32(37)31(21-28-15-9-7-10-16-28)35(23-29-17-11-8-12-18-29)24-30-19-13-14-27(3)20-30/h7-13,15-20,26-27,31-32,37H,14,21-25H2,1-6H3. The summed E-state index contributed by atoms with van der Waals surface area (Å²) in [5.41, 5.74) is 3.02. The van der Waals surface area contributed by atoms with E-state index in [1.807, 2.05) is 45.0 Å². The minimum Gasteiger partial charge on any atom is -0.444 e. The van der Waals surface area contributed by atoms with E-state index >= 15 is 0 Å². The maximum atomic E-state index is 13.2. The zero-order valence-corrected chi connectivity index (χ0v) is 24.7. The van der Waals surface area contributed by atoms with E-state index < -0.39 is 11.7 Å². The molecule has 0 heterocycles. The van der Waals surface area contributed by atoms with Crippen LogP contribution < -0.4 is 0 Å². The highest BCUT2D eigenvalue weighted by molar-refractivity contribution is 5.68. The molecule has 2 aromatic carbocycles. The predicted molar refractivity (Wildman–Crippen MR) is 160 cm³/mol. The van der Waals surface area contributed by atoms with E-state index in [-0.39, 0.29) is 24.6 Å². The third kappa shape index (κ3) is 10.7.